The highest BCUT2D eigenvalue weighted by Gasteiger charge is 2.44. The number of nitrogens with one attached hydrogen (secondary N) is 1. The van der Waals surface area contributed by atoms with Gasteiger partial charge in [-0.1, -0.05) is 24.2 Å². The van der Waals surface area contributed by atoms with Gasteiger partial charge in [0.1, 0.15) is 16.8 Å². The van der Waals surface area contributed by atoms with Crippen LogP contribution in [0.25, 0.3) is 0 Å². The minimum absolute atomic E-state index is 0.263. The fourth-order valence-corrected chi connectivity index (χ4v) is 6.13. The van der Waals surface area contributed by atoms with Gasteiger partial charge in [-0.3, -0.25) is 4.68 Å². The highest BCUT2D eigenvalue weighted by molar-refractivity contribution is 7.99. The Bertz CT molecular complexity index is 1420. The standard InChI is InChI=1S/C26H29N7O3S2/c1-16-22(17(2)33(3)31-16)35-19-13-18(37-21-9-5-8-12-27-21)14-28-23(19)29-25-30-24(32-38-25)20-15-34-26(36-20)10-6-4-7-11-26/h5,8-9,12-14,20H,4,6-7,10-11,15H2,1-3H3,(H,28,29,30,32). The molecule has 1 N–H and O–H groups in total. The van der Waals surface area contributed by atoms with Crippen LogP contribution >= 0.6 is 23.3 Å². The summed E-state index contributed by atoms with van der Waals surface area (Å²) < 4.78 is 25.2. The molecule has 0 aromatic carbocycles. The van der Waals surface area contributed by atoms with E-state index in [4.69, 9.17) is 19.2 Å². The minimum Gasteiger partial charge on any atom is -0.450 e. The third-order valence-corrected chi connectivity index (χ3v) is 8.32. The maximum atomic E-state index is 6.39. The van der Waals surface area contributed by atoms with E-state index in [1.54, 1.807) is 17.1 Å². The maximum Gasteiger partial charge on any atom is 0.208 e. The van der Waals surface area contributed by atoms with E-state index in [-0.39, 0.29) is 6.10 Å². The molecule has 12 heteroatoms. The maximum absolute atomic E-state index is 6.39. The van der Waals surface area contributed by atoms with Crippen molar-refractivity contribution in [2.75, 3.05) is 11.9 Å². The van der Waals surface area contributed by atoms with Gasteiger partial charge in [-0.05, 0) is 38.8 Å². The number of pyridine rings is 2. The van der Waals surface area contributed by atoms with Gasteiger partial charge in [-0.25, -0.2) is 15.0 Å². The Hall–Kier alpha value is -3.06. The highest BCUT2D eigenvalue weighted by Crippen LogP contribution is 2.43. The molecule has 0 radical (unpaired) electrons. The second-order valence-corrected chi connectivity index (χ2v) is 11.3. The summed E-state index contributed by atoms with van der Waals surface area (Å²) in [5, 5.41) is 9.27. The lowest BCUT2D eigenvalue weighted by molar-refractivity contribution is -0.188. The first-order valence-corrected chi connectivity index (χ1v) is 14.3. The predicted octanol–water partition coefficient (Wildman–Crippen LogP) is 6.11. The molecule has 2 aliphatic rings. The van der Waals surface area contributed by atoms with Gasteiger partial charge in [0.25, 0.3) is 0 Å². The summed E-state index contributed by atoms with van der Waals surface area (Å²) in [5.74, 6) is 1.95. The van der Waals surface area contributed by atoms with Crippen molar-refractivity contribution in [2.45, 2.75) is 67.8 Å². The number of ether oxygens (including phenoxy) is 3. The molecule has 1 saturated heterocycles. The molecule has 198 valence electrons. The van der Waals surface area contributed by atoms with Crippen molar-refractivity contribution >= 4 is 34.2 Å². The van der Waals surface area contributed by atoms with Crippen molar-refractivity contribution < 1.29 is 14.2 Å². The summed E-state index contributed by atoms with van der Waals surface area (Å²) >= 11 is 2.78. The van der Waals surface area contributed by atoms with Crippen LogP contribution in [0.4, 0.5) is 10.9 Å². The first-order chi connectivity index (χ1) is 18.5. The van der Waals surface area contributed by atoms with Gasteiger partial charge in [0.2, 0.25) is 5.13 Å². The van der Waals surface area contributed by atoms with Crippen LogP contribution in [-0.4, -0.2) is 41.5 Å². The first-order valence-electron chi connectivity index (χ1n) is 12.7. The topological polar surface area (TPSA) is 109 Å². The van der Waals surface area contributed by atoms with Crippen molar-refractivity contribution in [3.63, 3.8) is 0 Å². The Morgan fingerprint density at radius 3 is 2.82 bits per heavy atom. The zero-order valence-electron chi connectivity index (χ0n) is 21.5. The van der Waals surface area contributed by atoms with E-state index in [9.17, 15) is 0 Å². The van der Waals surface area contributed by atoms with E-state index in [1.165, 1.54) is 29.7 Å². The normalized spacial score (nSPS) is 18.7. The third kappa shape index (κ3) is 5.26. The van der Waals surface area contributed by atoms with Crippen molar-refractivity contribution in [2.24, 2.45) is 7.05 Å². The quantitative estimate of drug-likeness (QED) is 0.289. The SMILES string of the molecule is Cc1nn(C)c(C)c1Oc1cc(Sc2ccccn2)cnc1Nc1nc(C2COC3(CCCCC3)O2)ns1. The Morgan fingerprint density at radius 2 is 2.05 bits per heavy atom. The van der Waals surface area contributed by atoms with E-state index in [0.717, 1.165) is 47.0 Å². The van der Waals surface area contributed by atoms with Gasteiger partial charge in [-0.15, -0.1) is 0 Å². The highest BCUT2D eigenvalue weighted by atomic mass is 32.2. The molecule has 2 fully saturated rings. The number of nitrogens with zero attached hydrogens (tertiary/aromatic N) is 6. The van der Waals surface area contributed by atoms with Gasteiger partial charge in [-0.2, -0.15) is 9.47 Å². The van der Waals surface area contributed by atoms with E-state index in [1.807, 2.05) is 45.2 Å². The second kappa shape index (κ2) is 10.6. The number of hydrogen-bond donors (Lipinski definition) is 1. The van der Waals surface area contributed by atoms with Crippen molar-refractivity contribution in [3.8, 4) is 11.5 Å². The average molecular weight is 552 g/mol. The van der Waals surface area contributed by atoms with E-state index in [0.29, 0.717) is 34.9 Å². The Morgan fingerprint density at radius 1 is 1.18 bits per heavy atom. The van der Waals surface area contributed by atoms with Gasteiger partial charge in [0.15, 0.2) is 28.9 Å². The molecule has 1 saturated carbocycles. The summed E-state index contributed by atoms with van der Waals surface area (Å²) in [6.07, 6.45) is 8.65. The Labute approximate surface area is 229 Å². The molecule has 1 spiro atoms. The van der Waals surface area contributed by atoms with Crippen LogP contribution in [0.15, 0.2) is 46.6 Å². The number of aromatic nitrogens is 6. The summed E-state index contributed by atoms with van der Waals surface area (Å²) in [6.45, 7) is 4.37. The van der Waals surface area contributed by atoms with Gasteiger partial charge < -0.3 is 19.5 Å². The van der Waals surface area contributed by atoms with Crippen molar-refractivity contribution in [3.05, 3.63) is 53.9 Å². The largest absolute Gasteiger partial charge is 0.450 e. The van der Waals surface area contributed by atoms with Crippen molar-refractivity contribution in [1.82, 2.24) is 29.1 Å². The average Bonchev–Trinajstić information content (AvgIpc) is 3.62. The molecule has 1 unspecified atom stereocenters. The molecular weight excluding hydrogens is 522 g/mol. The third-order valence-electron chi connectivity index (χ3n) is 6.77. The van der Waals surface area contributed by atoms with Crippen molar-refractivity contribution in [1.29, 1.82) is 0 Å². The molecule has 4 aromatic heterocycles. The van der Waals surface area contributed by atoms with Crippen LogP contribution in [-0.2, 0) is 16.5 Å². The molecule has 38 heavy (non-hydrogen) atoms. The van der Waals surface area contributed by atoms with Crippen LogP contribution < -0.4 is 10.1 Å². The molecule has 0 bridgehead atoms. The molecule has 1 atom stereocenters. The zero-order chi connectivity index (χ0) is 26.1. The smallest absolute Gasteiger partial charge is 0.208 e. The Kier molecular flexibility index (Phi) is 7.04. The lowest BCUT2D eigenvalue weighted by atomic mass is 9.94. The molecule has 1 aliphatic carbocycles. The van der Waals surface area contributed by atoms with Gasteiger partial charge in [0.05, 0.1) is 12.3 Å². The fourth-order valence-electron chi connectivity index (χ4n) is 4.75. The molecule has 1 aliphatic heterocycles. The minimum atomic E-state index is -0.467. The van der Waals surface area contributed by atoms with Crippen LogP contribution in [0.2, 0.25) is 0 Å². The molecular formula is C26H29N7O3S2. The molecule has 10 nitrogen and oxygen atoms in total. The molecule has 0 amide bonds. The number of aryl methyl sites for hydroxylation is 2. The lowest BCUT2D eigenvalue weighted by Crippen LogP contribution is -2.32. The van der Waals surface area contributed by atoms with E-state index >= 15 is 0 Å². The first kappa shape index (κ1) is 25.2. The van der Waals surface area contributed by atoms with Crippen LogP contribution in [0, 0.1) is 13.8 Å². The lowest BCUT2D eigenvalue weighted by Gasteiger charge is -2.31. The van der Waals surface area contributed by atoms with Gasteiger partial charge in [0, 0.05) is 54.8 Å². The summed E-state index contributed by atoms with van der Waals surface area (Å²) in [5.41, 5.74) is 1.72. The number of rotatable bonds is 7. The summed E-state index contributed by atoms with van der Waals surface area (Å²) in [4.78, 5) is 14.7. The number of hydrogen-bond acceptors (Lipinski definition) is 11. The summed E-state index contributed by atoms with van der Waals surface area (Å²) in [7, 11) is 1.90. The summed E-state index contributed by atoms with van der Waals surface area (Å²) in [6, 6.07) is 7.76. The molecule has 5 heterocycles. The number of anilines is 2. The van der Waals surface area contributed by atoms with Gasteiger partial charge >= 0.3 is 0 Å². The molecule has 4 aromatic rings. The van der Waals surface area contributed by atoms with Crippen LogP contribution in [0.1, 0.15) is 55.4 Å². The zero-order valence-corrected chi connectivity index (χ0v) is 23.1. The van der Waals surface area contributed by atoms with E-state index < -0.39 is 5.79 Å². The van der Waals surface area contributed by atoms with Crippen LogP contribution in [0.3, 0.4) is 0 Å². The predicted molar refractivity (Wildman–Crippen MR) is 144 cm³/mol. The van der Waals surface area contributed by atoms with E-state index in [2.05, 4.69) is 24.8 Å². The monoisotopic (exact) mass is 551 g/mol. The Balaban J connectivity index is 1.24. The van der Waals surface area contributed by atoms with Crippen LogP contribution in [0.5, 0.6) is 11.5 Å². The second-order valence-electron chi connectivity index (χ2n) is 9.48. The fraction of sp³-hybridized carbons (Fsp3) is 0.423. The molecule has 6 rings (SSSR count).